The maximum Gasteiger partial charge on any atom is 0.155 e. The molecule has 0 aromatic carbocycles. The van der Waals surface area contributed by atoms with Gasteiger partial charge >= 0.3 is 0 Å². The van der Waals surface area contributed by atoms with E-state index in [1.165, 1.54) is 0 Å². The summed E-state index contributed by atoms with van der Waals surface area (Å²) in [6.45, 7) is -2.37. The summed E-state index contributed by atoms with van der Waals surface area (Å²) < 4.78 is 24.4. The van der Waals surface area contributed by atoms with Crippen molar-refractivity contribution < 1.29 is 9.22 Å². The number of aliphatic hydroxyl groups is 1. The van der Waals surface area contributed by atoms with Crippen LogP contribution in [0.1, 0.15) is 35.5 Å². The number of aromatic nitrogens is 3. The molecule has 4 nitrogen and oxygen atoms in total. The van der Waals surface area contributed by atoms with Crippen LogP contribution in [0.15, 0.2) is 17.0 Å². The summed E-state index contributed by atoms with van der Waals surface area (Å²) >= 11 is 9.36. The Kier molecular flexibility index (Phi) is 1.82. The fourth-order valence-corrected chi connectivity index (χ4v) is 3.12. The van der Waals surface area contributed by atoms with Crippen molar-refractivity contribution >= 4 is 33.0 Å². The standard InChI is InChI=1S/C11H11BrClN3O/c1-11(17)4-6(5-11)10-15-8(12)7-9(13)14-2-3-16(7)10/h2-3,6,17H,4-5H2,1H3/t6-,11+/i1D3. The van der Waals surface area contributed by atoms with E-state index in [2.05, 4.69) is 25.9 Å². The zero-order valence-electron chi connectivity index (χ0n) is 11.7. The van der Waals surface area contributed by atoms with Crippen molar-refractivity contribution in [2.75, 3.05) is 0 Å². The van der Waals surface area contributed by atoms with Crippen LogP contribution >= 0.6 is 27.5 Å². The molecular formula is C11H11BrClN3O. The summed E-state index contributed by atoms with van der Waals surface area (Å²) in [5, 5.41) is 10.4. The van der Waals surface area contributed by atoms with Crippen molar-refractivity contribution in [1.29, 1.82) is 0 Å². The third-order valence-corrected chi connectivity index (χ3v) is 3.86. The van der Waals surface area contributed by atoms with Crippen LogP contribution in [-0.2, 0) is 0 Å². The number of nitrogens with zero attached hydrogens (tertiary/aromatic N) is 3. The minimum atomic E-state index is -2.37. The normalized spacial score (nSPS) is 31.7. The summed E-state index contributed by atoms with van der Waals surface area (Å²) in [6, 6.07) is 0. The molecule has 1 aliphatic carbocycles. The minimum Gasteiger partial charge on any atom is -0.390 e. The van der Waals surface area contributed by atoms with E-state index >= 15 is 0 Å². The molecule has 0 aliphatic heterocycles. The molecule has 2 aromatic rings. The van der Waals surface area contributed by atoms with Gasteiger partial charge in [0.15, 0.2) is 5.15 Å². The van der Waals surface area contributed by atoms with Crippen LogP contribution in [0.4, 0.5) is 0 Å². The maximum absolute atomic E-state index is 10.1. The highest BCUT2D eigenvalue weighted by Gasteiger charge is 2.41. The third kappa shape index (κ3) is 1.77. The summed E-state index contributed by atoms with van der Waals surface area (Å²) in [5.74, 6) is 0.572. The molecule has 17 heavy (non-hydrogen) atoms. The van der Waals surface area contributed by atoms with Gasteiger partial charge in [0, 0.05) is 22.4 Å². The van der Waals surface area contributed by atoms with Gasteiger partial charge in [0.25, 0.3) is 0 Å². The monoisotopic (exact) mass is 318 g/mol. The summed E-state index contributed by atoms with van der Waals surface area (Å²) in [5.41, 5.74) is -0.972. The van der Waals surface area contributed by atoms with Crippen molar-refractivity contribution in [3.63, 3.8) is 0 Å². The van der Waals surface area contributed by atoms with E-state index in [1.54, 1.807) is 16.8 Å². The topological polar surface area (TPSA) is 50.4 Å². The first-order valence-electron chi connectivity index (χ1n) is 6.63. The second-order valence-corrected chi connectivity index (χ2v) is 5.44. The molecule has 1 aliphatic rings. The van der Waals surface area contributed by atoms with Crippen LogP contribution in [0, 0.1) is 0 Å². The molecule has 0 bridgehead atoms. The van der Waals surface area contributed by atoms with Crippen LogP contribution in [-0.4, -0.2) is 25.1 Å². The molecule has 1 N–H and O–H groups in total. The van der Waals surface area contributed by atoms with Gasteiger partial charge in [0.1, 0.15) is 15.9 Å². The lowest BCUT2D eigenvalue weighted by Gasteiger charge is -2.40. The Bertz CT molecular complexity index is 681. The van der Waals surface area contributed by atoms with Gasteiger partial charge in [0.2, 0.25) is 0 Å². The smallest absolute Gasteiger partial charge is 0.155 e. The summed E-state index contributed by atoms with van der Waals surface area (Å²) in [4.78, 5) is 8.37. The molecule has 6 heteroatoms. The van der Waals surface area contributed by atoms with Crippen molar-refractivity contribution in [3.05, 3.63) is 28.0 Å². The Balaban J connectivity index is 1.97. The van der Waals surface area contributed by atoms with E-state index < -0.39 is 12.5 Å². The van der Waals surface area contributed by atoms with E-state index in [0.717, 1.165) is 0 Å². The van der Waals surface area contributed by atoms with E-state index in [-0.39, 0.29) is 18.8 Å². The Hall–Kier alpha value is -0.650. The molecular weight excluding hydrogens is 305 g/mol. The Morgan fingerprint density at radius 3 is 3.18 bits per heavy atom. The van der Waals surface area contributed by atoms with Gasteiger partial charge in [0.05, 0.1) is 5.60 Å². The molecule has 90 valence electrons. The van der Waals surface area contributed by atoms with Crippen LogP contribution in [0.3, 0.4) is 0 Å². The van der Waals surface area contributed by atoms with E-state index in [4.69, 9.17) is 15.7 Å². The molecule has 0 saturated heterocycles. The molecule has 0 unspecified atom stereocenters. The van der Waals surface area contributed by atoms with Crippen molar-refractivity contribution in [3.8, 4) is 0 Å². The van der Waals surface area contributed by atoms with Crippen LogP contribution in [0.2, 0.25) is 5.15 Å². The molecule has 3 rings (SSSR count). The Morgan fingerprint density at radius 2 is 2.47 bits per heavy atom. The maximum atomic E-state index is 10.1. The molecule has 0 spiro atoms. The van der Waals surface area contributed by atoms with Gasteiger partial charge in [-0.25, -0.2) is 9.97 Å². The number of fused-ring (bicyclic) bond motifs is 1. The predicted octanol–water partition coefficient (Wildman–Crippen LogP) is 2.77. The average molecular weight is 320 g/mol. The summed E-state index contributed by atoms with van der Waals surface area (Å²) in [6.07, 6.45) is 3.60. The van der Waals surface area contributed by atoms with Crippen LogP contribution < -0.4 is 0 Å². The Morgan fingerprint density at radius 1 is 1.71 bits per heavy atom. The van der Waals surface area contributed by atoms with Gasteiger partial charge in [-0.3, -0.25) is 4.40 Å². The third-order valence-electron chi connectivity index (χ3n) is 3.03. The van der Waals surface area contributed by atoms with Gasteiger partial charge in [-0.2, -0.15) is 0 Å². The van der Waals surface area contributed by atoms with Gasteiger partial charge < -0.3 is 5.11 Å². The van der Waals surface area contributed by atoms with Crippen LogP contribution in [0.5, 0.6) is 0 Å². The SMILES string of the molecule is [2H]C([2H])([2H])[C@]1(O)C[C@@H](c2nc(Br)c3c(Cl)nccn32)C1. The largest absolute Gasteiger partial charge is 0.390 e. The number of halogens is 2. The second-order valence-electron chi connectivity index (χ2n) is 4.33. The fraction of sp³-hybridized carbons (Fsp3) is 0.455. The second kappa shape index (κ2) is 3.67. The van der Waals surface area contributed by atoms with Gasteiger partial charge in [-0.15, -0.1) is 0 Å². The number of rotatable bonds is 1. The lowest BCUT2D eigenvalue weighted by atomic mass is 9.72. The Labute approximate surface area is 116 Å². The lowest BCUT2D eigenvalue weighted by Crippen LogP contribution is -2.40. The number of hydrogen-bond acceptors (Lipinski definition) is 3. The highest BCUT2D eigenvalue weighted by molar-refractivity contribution is 9.10. The zero-order chi connectivity index (χ0) is 14.7. The molecule has 2 heterocycles. The predicted molar refractivity (Wildman–Crippen MR) is 68.3 cm³/mol. The lowest BCUT2D eigenvalue weighted by molar-refractivity contribution is -0.0335. The van der Waals surface area contributed by atoms with Crippen LogP contribution in [0.25, 0.3) is 5.52 Å². The van der Waals surface area contributed by atoms with Crippen molar-refractivity contribution in [2.24, 2.45) is 0 Å². The fourth-order valence-electron chi connectivity index (χ4n) is 2.21. The highest BCUT2D eigenvalue weighted by Crippen LogP contribution is 2.44. The molecule has 1 fully saturated rings. The van der Waals surface area contributed by atoms with Crippen molar-refractivity contribution in [1.82, 2.24) is 14.4 Å². The molecule has 0 radical (unpaired) electrons. The first-order valence-corrected chi connectivity index (χ1v) is 6.30. The quantitative estimate of drug-likeness (QED) is 0.879. The van der Waals surface area contributed by atoms with Crippen molar-refractivity contribution in [2.45, 2.75) is 31.2 Å². The first kappa shape index (κ1) is 8.45. The molecule has 0 amide bonds. The van der Waals surface area contributed by atoms with E-state index in [9.17, 15) is 5.11 Å². The number of imidazole rings is 1. The first-order chi connectivity index (χ1) is 9.23. The summed E-state index contributed by atoms with van der Waals surface area (Å²) in [7, 11) is 0. The zero-order valence-corrected chi connectivity index (χ0v) is 11.0. The highest BCUT2D eigenvalue weighted by atomic mass is 79.9. The van der Waals surface area contributed by atoms with E-state index in [0.29, 0.717) is 21.1 Å². The molecule has 2 aromatic heterocycles. The van der Waals surface area contributed by atoms with Gasteiger partial charge in [-0.1, -0.05) is 11.6 Å². The van der Waals surface area contributed by atoms with Gasteiger partial charge in [-0.05, 0) is 35.6 Å². The average Bonchev–Trinajstić information content (AvgIpc) is 2.62. The molecule has 0 atom stereocenters. The van der Waals surface area contributed by atoms with E-state index in [1.807, 2.05) is 0 Å². The number of hydrogen-bond donors (Lipinski definition) is 1. The minimum absolute atomic E-state index is 0.113. The molecule has 1 saturated carbocycles.